The molecule has 0 N–H and O–H groups in total. The van der Waals surface area contributed by atoms with Crippen LogP contribution in [0, 0.1) is 0 Å². The topological polar surface area (TPSA) is 52.6 Å². The van der Waals surface area contributed by atoms with Gasteiger partial charge in [-0.15, -0.1) is 0 Å². The SMILES string of the molecule is COC(=O)CCCC=CCCCC(=O)OC. The molecular weight excluding hydrogens is 208 g/mol. The molecular formula is C12H20O4. The standard InChI is InChI=1S/C12H20O4/c1-15-11(13)9-7-5-3-4-6-8-10-12(14)16-2/h3-4H,5-10H2,1-2H3. The van der Waals surface area contributed by atoms with E-state index in [1.165, 1.54) is 14.2 Å². The summed E-state index contributed by atoms with van der Waals surface area (Å²) in [7, 11) is 2.79. The monoisotopic (exact) mass is 228 g/mol. The van der Waals surface area contributed by atoms with Crippen molar-refractivity contribution in [2.45, 2.75) is 38.5 Å². The molecule has 0 fully saturated rings. The summed E-state index contributed by atoms with van der Waals surface area (Å²) >= 11 is 0. The third kappa shape index (κ3) is 9.24. The van der Waals surface area contributed by atoms with Crippen molar-refractivity contribution in [2.75, 3.05) is 14.2 Å². The first-order chi connectivity index (χ1) is 7.70. The maximum Gasteiger partial charge on any atom is 0.305 e. The van der Waals surface area contributed by atoms with Gasteiger partial charge >= 0.3 is 11.9 Å². The number of allylic oxidation sites excluding steroid dienone is 2. The summed E-state index contributed by atoms with van der Waals surface area (Å²) in [5.74, 6) is -0.335. The molecule has 0 atom stereocenters. The Labute approximate surface area is 96.6 Å². The van der Waals surface area contributed by atoms with Gasteiger partial charge in [0, 0.05) is 12.8 Å². The Balaban J connectivity index is 3.28. The van der Waals surface area contributed by atoms with Crippen molar-refractivity contribution >= 4 is 11.9 Å². The molecule has 92 valence electrons. The molecule has 4 heteroatoms. The van der Waals surface area contributed by atoms with E-state index in [2.05, 4.69) is 9.47 Å². The molecule has 0 aliphatic carbocycles. The highest BCUT2D eigenvalue weighted by Crippen LogP contribution is 2.02. The molecule has 0 aliphatic rings. The zero-order valence-electron chi connectivity index (χ0n) is 10.0. The zero-order chi connectivity index (χ0) is 12.2. The van der Waals surface area contributed by atoms with Crippen molar-refractivity contribution in [2.24, 2.45) is 0 Å². The van der Waals surface area contributed by atoms with E-state index in [-0.39, 0.29) is 11.9 Å². The molecule has 0 saturated heterocycles. The van der Waals surface area contributed by atoms with Crippen LogP contribution in [0.4, 0.5) is 0 Å². The molecule has 0 amide bonds. The van der Waals surface area contributed by atoms with Gasteiger partial charge in [0.1, 0.15) is 0 Å². The molecule has 4 nitrogen and oxygen atoms in total. The van der Waals surface area contributed by atoms with Crippen LogP contribution in [0.25, 0.3) is 0 Å². The molecule has 0 rings (SSSR count). The van der Waals surface area contributed by atoms with Crippen LogP contribution in [0.1, 0.15) is 38.5 Å². The Morgan fingerprint density at radius 1 is 0.875 bits per heavy atom. The summed E-state index contributed by atoms with van der Waals surface area (Å²) in [4.78, 5) is 21.5. The van der Waals surface area contributed by atoms with Gasteiger partial charge < -0.3 is 9.47 Å². The van der Waals surface area contributed by atoms with Crippen LogP contribution in [0.5, 0.6) is 0 Å². The van der Waals surface area contributed by atoms with Gasteiger partial charge in [-0.2, -0.15) is 0 Å². The molecule has 0 aliphatic heterocycles. The fraction of sp³-hybridized carbons (Fsp3) is 0.667. The Morgan fingerprint density at radius 3 is 1.56 bits per heavy atom. The molecule has 0 spiro atoms. The quantitative estimate of drug-likeness (QED) is 0.363. The number of unbranched alkanes of at least 4 members (excludes halogenated alkanes) is 2. The first-order valence-electron chi connectivity index (χ1n) is 5.49. The van der Waals surface area contributed by atoms with Crippen molar-refractivity contribution in [1.82, 2.24) is 0 Å². The number of ether oxygens (including phenoxy) is 2. The lowest BCUT2D eigenvalue weighted by Crippen LogP contribution is -1.99. The fourth-order valence-corrected chi connectivity index (χ4v) is 1.17. The average Bonchev–Trinajstić information content (AvgIpc) is 2.31. The minimum Gasteiger partial charge on any atom is -0.469 e. The maximum absolute atomic E-state index is 10.8. The van der Waals surface area contributed by atoms with Crippen LogP contribution in [-0.2, 0) is 19.1 Å². The van der Waals surface area contributed by atoms with Gasteiger partial charge in [0.25, 0.3) is 0 Å². The summed E-state index contributed by atoms with van der Waals surface area (Å²) < 4.78 is 9.04. The molecule has 0 bridgehead atoms. The predicted octanol–water partition coefficient (Wildman–Crippen LogP) is 2.23. The third-order valence-corrected chi connectivity index (χ3v) is 2.13. The fourth-order valence-electron chi connectivity index (χ4n) is 1.17. The summed E-state index contributed by atoms with van der Waals surface area (Å²) in [6, 6.07) is 0. The number of hydrogen-bond acceptors (Lipinski definition) is 4. The highest BCUT2D eigenvalue weighted by molar-refractivity contribution is 5.69. The molecule has 0 radical (unpaired) electrons. The number of carbonyl (C=O) groups excluding carboxylic acids is 2. The molecule has 0 saturated carbocycles. The van der Waals surface area contributed by atoms with E-state index < -0.39 is 0 Å². The molecule has 0 aromatic heterocycles. The summed E-state index contributed by atoms with van der Waals surface area (Å²) in [6.07, 6.45) is 8.33. The van der Waals surface area contributed by atoms with E-state index in [4.69, 9.17) is 0 Å². The predicted molar refractivity (Wildman–Crippen MR) is 60.9 cm³/mol. The summed E-state index contributed by atoms with van der Waals surface area (Å²) in [5.41, 5.74) is 0. The third-order valence-electron chi connectivity index (χ3n) is 2.13. The minimum absolute atomic E-state index is 0.168. The number of hydrogen-bond donors (Lipinski definition) is 0. The molecule has 16 heavy (non-hydrogen) atoms. The highest BCUT2D eigenvalue weighted by Gasteiger charge is 1.98. The number of esters is 2. The van der Waals surface area contributed by atoms with Gasteiger partial charge in [-0.3, -0.25) is 9.59 Å². The van der Waals surface area contributed by atoms with Crippen LogP contribution in [0.3, 0.4) is 0 Å². The molecule has 0 aromatic rings. The maximum atomic E-state index is 10.8. The zero-order valence-corrected chi connectivity index (χ0v) is 10.0. The van der Waals surface area contributed by atoms with Gasteiger partial charge in [0.15, 0.2) is 0 Å². The van der Waals surface area contributed by atoms with Gasteiger partial charge in [-0.25, -0.2) is 0 Å². The summed E-state index contributed by atoms with van der Waals surface area (Å²) in [5, 5.41) is 0. The summed E-state index contributed by atoms with van der Waals surface area (Å²) in [6.45, 7) is 0. The second kappa shape index (κ2) is 10.2. The van der Waals surface area contributed by atoms with E-state index in [1.54, 1.807) is 0 Å². The van der Waals surface area contributed by atoms with E-state index in [0.29, 0.717) is 12.8 Å². The Morgan fingerprint density at radius 2 is 1.25 bits per heavy atom. The highest BCUT2D eigenvalue weighted by atomic mass is 16.5. The number of rotatable bonds is 8. The van der Waals surface area contributed by atoms with E-state index in [0.717, 1.165) is 25.7 Å². The largest absolute Gasteiger partial charge is 0.469 e. The normalized spacial score (nSPS) is 10.4. The van der Waals surface area contributed by atoms with E-state index in [1.807, 2.05) is 12.2 Å². The van der Waals surface area contributed by atoms with Crippen LogP contribution in [0.15, 0.2) is 12.2 Å². The van der Waals surface area contributed by atoms with Crippen molar-refractivity contribution in [3.8, 4) is 0 Å². The number of carbonyl (C=O) groups is 2. The van der Waals surface area contributed by atoms with Gasteiger partial charge in [-0.1, -0.05) is 12.2 Å². The minimum atomic E-state index is -0.168. The van der Waals surface area contributed by atoms with E-state index in [9.17, 15) is 9.59 Å². The second-order valence-corrected chi connectivity index (χ2v) is 3.41. The lowest BCUT2D eigenvalue weighted by molar-refractivity contribution is -0.141. The van der Waals surface area contributed by atoms with Crippen LogP contribution in [-0.4, -0.2) is 26.2 Å². The molecule has 0 heterocycles. The lowest BCUT2D eigenvalue weighted by Gasteiger charge is -1.97. The molecule has 0 aromatic carbocycles. The van der Waals surface area contributed by atoms with Crippen LogP contribution in [0.2, 0.25) is 0 Å². The first kappa shape index (κ1) is 14.7. The first-order valence-corrected chi connectivity index (χ1v) is 5.49. The van der Waals surface area contributed by atoms with Gasteiger partial charge in [-0.05, 0) is 25.7 Å². The van der Waals surface area contributed by atoms with Crippen LogP contribution < -0.4 is 0 Å². The number of methoxy groups -OCH3 is 2. The Bertz CT molecular complexity index is 209. The van der Waals surface area contributed by atoms with Crippen molar-refractivity contribution in [3.63, 3.8) is 0 Å². The van der Waals surface area contributed by atoms with E-state index >= 15 is 0 Å². The average molecular weight is 228 g/mol. The van der Waals surface area contributed by atoms with Crippen molar-refractivity contribution < 1.29 is 19.1 Å². The Kier molecular flexibility index (Phi) is 9.36. The smallest absolute Gasteiger partial charge is 0.305 e. The lowest BCUT2D eigenvalue weighted by atomic mass is 10.2. The van der Waals surface area contributed by atoms with Gasteiger partial charge in [0.2, 0.25) is 0 Å². The van der Waals surface area contributed by atoms with Crippen molar-refractivity contribution in [3.05, 3.63) is 12.2 Å². The van der Waals surface area contributed by atoms with Crippen LogP contribution >= 0.6 is 0 Å². The van der Waals surface area contributed by atoms with Gasteiger partial charge in [0.05, 0.1) is 14.2 Å². The Hall–Kier alpha value is -1.32. The molecule has 0 unspecified atom stereocenters. The van der Waals surface area contributed by atoms with Crippen molar-refractivity contribution in [1.29, 1.82) is 0 Å². The second-order valence-electron chi connectivity index (χ2n) is 3.41.